The van der Waals surface area contributed by atoms with Crippen LogP contribution in [0.4, 0.5) is 0 Å². The minimum Gasteiger partial charge on any atom is -0.375 e. The zero-order valence-electron chi connectivity index (χ0n) is 9.01. The molecule has 0 radical (unpaired) electrons. The molecule has 1 N–H and O–H groups in total. The second-order valence-electron chi connectivity index (χ2n) is 4.11. The van der Waals surface area contributed by atoms with Crippen LogP contribution in [0.1, 0.15) is 11.3 Å². The van der Waals surface area contributed by atoms with Crippen LogP contribution >= 0.6 is 11.6 Å². The van der Waals surface area contributed by atoms with Crippen LogP contribution in [0.5, 0.6) is 0 Å². The van der Waals surface area contributed by atoms with Crippen molar-refractivity contribution in [1.82, 2.24) is 10.3 Å². The van der Waals surface area contributed by atoms with E-state index in [4.69, 9.17) is 16.3 Å². The van der Waals surface area contributed by atoms with Crippen LogP contribution in [0, 0.1) is 6.92 Å². The molecule has 82 valence electrons. The minimum atomic E-state index is -0.0445. The largest absolute Gasteiger partial charge is 0.375 e. The lowest BCUT2D eigenvalue weighted by atomic mass is 9.89. The van der Waals surface area contributed by atoms with Gasteiger partial charge in [-0.2, -0.15) is 0 Å². The lowest BCUT2D eigenvalue weighted by Crippen LogP contribution is -2.61. The van der Waals surface area contributed by atoms with Crippen molar-refractivity contribution in [2.24, 2.45) is 0 Å². The molecule has 0 saturated carbocycles. The number of aromatic nitrogens is 1. The highest BCUT2D eigenvalue weighted by molar-refractivity contribution is 6.29. The number of nitrogens with one attached hydrogen (secondary N) is 1. The Morgan fingerprint density at radius 2 is 2.27 bits per heavy atom. The summed E-state index contributed by atoms with van der Waals surface area (Å²) in [5.74, 6) is 0. The Kier molecular flexibility index (Phi) is 2.96. The number of ether oxygens (including phenoxy) is 1. The summed E-state index contributed by atoms with van der Waals surface area (Å²) in [7, 11) is 1.76. The van der Waals surface area contributed by atoms with Gasteiger partial charge in [-0.05, 0) is 24.6 Å². The molecule has 2 rings (SSSR count). The van der Waals surface area contributed by atoms with Gasteiger partial charge in [-0.15, -0.1) is 0 Å². The highest BCUT2D eigenvalue weighted by atomic mass is 35.5. The first-order valence-electron chi connectivity index (χ1n) is 5.02. The van der Waals surface area contributed by atoms with E-state index >= 15 is 0 Å². The van der Waals surface area contributed by atoms with Crippen molar-refractivity contribution in [3.8, 4) is 0 Å². The van der Waals surface area contributed by atoms with Crippen LogP contribution in [0.2, 0.25) is 5.15 Å². The van der Waals surface area contributed by atoms with E-state index in [-0.39, 0.29) is 5.60 Å². The molecule has 4 heteroatoms. The minimum absolute atomic E-state index is 0.0445. The van der Waals surface area contributed by atoms with E-state index in [0.29, 0.717) is 5.15 Å². The highest BCUT2D eigenvalue weighted by Crippen LogP contribution is 2.23. The molecule has 0 spiro atoms. The van der Waals surface area contributed by atoms with E-state index < -0.39 is 0 Å². The molecule has 0 aliphatic carbocycles. The van der Waals surface area contributed by atoms with Crippen LogP contribution in [-0.4, -0.2) is 30.8 Å². The molecule has 1 fully saturated rings. The summed E-state index contributed by atoms with van der Waals surface area (Å²) >= 11 is 5.92. The van der Waals surface area contributed by atoms with Gasteiger partial charge in [0.15, 0.2) is 0 Å². The van der Waals surface area contributed by atoms with Gasteiger partial charge in [-0.3, -0.25) is 0 Å². The fourth-order valence-corrected chi connectivity index (χ4v) is 2.19. The van der Waals surface area contributed by atoms with Gasteiger partial charge < -0.3 is 10.1 Å². The van der Waals surface area contributed by atoms with Crippen molar-refractivity contribution in [1.29, 1.82) is 0 Å². The van der Waals surface area contributed by atoms with Crippen LogP contribution in [0.15, 0.2) is 12.1 Å². The summed E-state index contributed by atoms with van der Waals surface area (Å²) in [6.45, 7) is 3.76. The Bertz CT molecular complexity index is 338. The molecule has 3 nitrogen and oxygen atoms in total. The Balaban J connectivity index is 2.16. The van der Waals surface area contributed by atoms with Gasteiger partial charge >= 0.3 is 0 Å². The van der Waals surface area contributed by atoms with Gasteiger partial charge in [0.1, 0.15) is 5.15 Å². The van der Waals surface area contributed by atoms with Crippen molar-refractivity contribution in [3.05, 3.63) is 28.5 Å². The van der Waals surface area contributed by atoms with Gasteiger partial charge in [0.05, 0.1) is 5.60 Å². The van der Waals surface area contributed by atoms with E-state index in [0.717, 1.165) is 25.2 Å². The number of pyridine rings is 1. The van der Waals surface area contributed by atoms with Crippen molar-refractivity contribution in [3.63, 3.8) is 0 Å². The number of nitrogens with zero attached hydrogens (tertiary/aromatic N) is 1. The highest BCUT2D eigenvalue weighted by Gasteiger charge is 2.36. The SMILES string of the molecule is COC1(Cc2cc(C)nc(Cl)c2)CNC1. The van der Waals surface area contributed by atoms with E-state index in [1.807, 2.05) is 13.0 Å². The lowest BCUT2D eigenvalue weighted by Gasteiger charge is -2.41. The molecule has 1 aliphatic heterocycles. The third-order valence-corrected chi connectivity index (χ3v) is 3.03. The number of methoxy groups -OCH3 is 1. The number of aryl methyl sites for hydroxylation is 1. The third-order valence-electron chi connectivity index (χ3n) is 2.84. The fourth-order valence-electron chi connectivity index (χ4n) is 1.92. The number of rotatable bonds is 3. The molecule has 0 atom stereocenters. The van der Waals surface area contributed by atoms with E-state index in [9.17, 15) is 0 Å². The normalized spacial score (nSPS) is 18.6. The Morgan fingerprint density at radius 1 is 1.53 bits per heavy atom. The van der Waals surface area contributed by atoms with Crippen LogP contribution in [-0.2, 0) is 11.2 Å². The monoisotopic (exact) mass is 226 g/mol. The first-order valence-corrected chi connectivity index (χ1v) is 5.40. The Hall–Kier alpha value is -0.640. The molecule has 0 amide bonds. The van der Waals surface area contributed by atoms with Crippen molar-refractivity contribution in [2.45, 2.75) is 18.9 Å². The Labute approximate surface area is 94.8 Å². The fraction of sp³-hybridized carbons (Fsp3) is 0.545. The molecule has 2 heterocycles. The van der Waals surface area contributed by atoms with E-state index in [1.165, 1.54) is 5.56 Å². The van der Waals surface area contributed by atoms with E-state index in [1.54, 1.807) is 7.11 Å². The second kappa shape index (κ2) is 4.08. The lowest BCUT2D eigenvalue weighted by molar-refractivity contribution is -0.0502. The molecule has 0 bridgehead atoms. The smallest absolute Gasteiger partial charge is 0.129 e. The van der Waals surface area contributed by atoms with Crippen molar-refractivity contribution < 1.29 is 4.74 Å². The first kappa shape index (κ1) is 10.9. The summed E-state index contributed by atoms with van der Waals surface area (Å²) in [4.78, 5) is 4.14. The van der Waals surface area contributed by atoms with Gasteiger partial charge in [0, 0.05) is 32.3 Å². The third kappa shape index (κ3) is 2.30. The average molecular weight is 227 g/mol. The summed E-state index contributed by atoms with van der Waals surface area (Å²) in [6, 6.07) is 3.97. The molecule has 0 aromatic carbocycles. The molecule has 0 unspecified atom stereocenters. The summed E-state index contributed by atoms with van der Waals surface area (Å²) < 4.78 is 5.53. The molecule has 1 aliphatic rings. The predicted molar refractivity (Wildman–Crippen MR) is 60.3 cm³/mol. The molecule has 1 aromatic heterocycles. The molecule has 1 aromatic rings. The second-order valence-corrected chi connectivity index (χ2v) is 4.49. The standard InChI is InChI=1S/C11H15ClN2O/c1-8-3-9(4-10(12)14-8)5-11(15-2)6-13-7-11/h3-4,13H,5-7H2,1-2H3. The maximum atomic E-state index is 5.92. The maximum Gasteiger partial charge on any atom is 0.129 e. The van der Waals surface area contributed by atoms with Gasteiger partial charge in [0.2, 0.25) is 0 Å². The zero-order valence-corrected chi connectivity index (χ0v) is 9.77. The predicted octanol–water partition coefficient (Wildman–Crippen LogP) is 1.57. The summed E-state index contributed by atoms with van der Waals surface area (Å²) in [5, 5.41) is 3.79. The number of hydrogen-bond donors (Lipinski definition) is 1. The average Bonchev–Trinajstić information content (AvgIpc) is 2.10. The number of hydrogen-bond acceptors (Lipinski definition) is 3. The molecular weight excluding hydrogens is 212 g/mol. The van der Waals surface area contributed by atoms with Crippen molar-refractivity contribution >= 4 is 11.6 Å². The number of halogens is 1. The van der Waals surface area contributed by atoms with Gasteiger partial charge in [-0.1, -0.05) is 11.6 Å². The molecule has 1 saturated heterocycles. The van der Waals surface area contributed by atoms with Crippen LogP contribution in [0.25, 0.3) is 0 Å². The first-order chi connectivity index (χ1) is 7.13. The maximum absolute atomic E-state index is 5.92. The van der Waals surface area contributed by atoms with Gasteiger partial charge in [0.25, 0.3) is 0 Å². The topological polar surface area (TPSA) is 34.1 Å². The van der Waals surface area contributed by atoms with E-state index in [2.05, 4.69) is 16.4 Å². The van der Waals surface area contributed by atoms with Crippen LogP contribution < -0.4 is 5.32 Å². The van der Waals surface area contributed by atoms with Gasteiger partial charge in [-0.25, -0.2) is 4.98 Å². The quantitative estimate of drug-likeness (QED) is 0.795. The summed E-state index contributed by atoms with van der Waals surface area (Å²) in [6.07, 6.45) is 0.888. The zero-order chi connectivity index (χ0) is 10.9. The molecular formula is C11H15ClN2O. The van der Waals surface area contributed by atoms with Crippen LogP contribution in [0.3, 0.4) is 0 Å². The Morgan fingerprint density at radius 3 is 2.73 bits per heavy atom. The van der Waals surface area contributed by atoms with Crippen molar-refractivity contribution in [2.75, 3.05) is 20.2 Å². The molecule has 15 heavy (non-hydrogen) atoms. The summed E-state index contributed by atoms with van der Waals surface area (Å²) in [5.41, 5.74) is 2.10.